The summed E-state index contributed by atoms with van der Waals surface area (Å²) in [5, 5.41) is 20.1. The molecule has 0 aliphatic heterocycles. The van der Waals surface area contributed by atoms with Crippen LogP contribution >= 0.6 is 15.9 Å². The number of alkyl halides is 1. The third kappa shape index (κ3) is 1.59. The van der Waals surface area contributed by atoms with Crippen LogP contribution in [-0.4, -0.2) is 21.8 Å². The first-order chi connectivity index (χ1) is 9.56. The Morgan fingerprint density at radius 1 is 0.850 bits per heavy atom. The molecular formula is C15H9BrO4. The predicted octanol–water partition coefficient (Wildman–Crippen LogP) is 2.77. The van der Waals surface area contributed by atoms with Crippen molar-refractivity contribution in [2.24, 2.45) is 0 Å². The maximum atomic E-state index is 12.5. The van der Waals surface area contributed by atoms with Gasteiger partial charge in [0.15, 0.2) is 5.78 Å². The second-order valence-corrected chi connectivity index (χ2v) is 5.05. The standard InChI is InChI=1S/C15H9BrO4/c16-6-7-4-5-10(18)13-11(7)14(19)8-2-1-3-9(17)12(8)15(13)20/h1-5,17-18H,6H2. The molecule has 0 fully saturated rings. The van der Waals surface area contributed by atoms with Gasteiger partial charge in [0.25, 0.3) is 0 Å². The highest BCUT2D eigenvalue weighted by molar-refractivity contribution is 9.08. The number of halogens is 1. The van der Waals surface area contributed by atoms with Crippen molar-refractivity contribution < 1.29 is 19.8 Å². The molecule has 4 nitrogen and oxygen atoms in total. The van der Waals surface area contributed by atoms with Crippen molar-refractivity contribution in [2.75, 3.05) is 0 Å². The number of phenols is 2. The summed E-state index contributed by atoms with van der Waals surface area (Å²) in [4.78, 5) is 25.0. The van der Waals surface area contributed by atoms with Gasteiger partial charge in [0, 0.05) is 16.5 Å². The van der Waals surface area contributed by atoms with Crippen molar-refractivity contribution in [3.05, 3.63) is 58.1 Å². The van der Waals surface area contributed by atoms with Gasteiger partial charge in [-0.1, -0.05) is 34.1 Å². The van der Waals surface area contributed by atoms with E-state index in [1.165, 1.54) is 24.3 Å². The SMILES string of the molecule is O=C1c2c(O)cccc2C(=O)c2c(CBr)ccc(O)c21. The molecule has 0 atom stereocenters. The number of benzene rings is 2. The molecule has 3 rings (SSSR count). The summed E-state index contributed by atoms with van der Waals surface area (Å²) in [6.45, 7) is 0. The first-order valence-corrected chi connectivity index (χ1v) is 7.00. The van der Waals surface area contributed by atoms with Gasteiger partial charge in [0.1, 0.15) is 11.5 Å². The summed E-state index contributed by atoms with van der Waals surface area (Å²) in [6.07, 6.45) is 0. The van der Waals surface area contributed by atoms with E-state index in [1.807, 2.05) is 0 Å². The molecule has 0 heterocycles. The van der Waals surface area contributed by atoms with E-state index in [0.717, 1.165) is 0 Å². The summed E-state index contributed by atoms with van der Waals surface area (Å²) >= 11 is 3.27. The Hall–Kier alpha value is -2.14. The zero-order valence-electron chi connectivity index (χ0n) is 10.2. The first-order valence-electron chi connectivity index (χ1n) is 5.88. The predicted molar refractivity (Wildman–Crippen MR) is 75.7 cm³/mol. The van der Waals surface area contributed by atoms with Gasteiger partial charge in [-0.05, 0) is 17.7 Å². The van der Waals surface area contributed by atoms with E-state index in [-0.39, 0.29) is 39.5 Å². The molecule has 0 spiro atoms. The highest BCUT2D eigenvalue weighted by atomic mass is 79.9. The van der Waals surface area contributed by atoms with Gasteiger partial charge in [-0.25, -0.2) is 0 Å². The Labute approximate surface area is 122 Å². The quantitative estimate of drug-likeness (QED) is 0.672. The van der Waals surface area contributed by atoms with Crippen LogP contribution in [0.5, 0.6) is 11.5 Å². The van der Waals surface area contributed by atoms with Crippen molar-refractivity contribution in [1.29, 1.82) is 0 Å². The van der Waals surface area contributed by atoms with Gasteiger partial charge in [-0.15, -0.1) is 0 Å². The number of carbonyl (C=O) groups excluding carboxylic acids is 2. The number of hydrogen-bond acceptors (Lipinski definition) is 4. The number of phenolic OH excluding ortho intramolecular Hbond substituents is 2. The molecule has 20 heavy (non-hydrogen) atoms. The summed E-state index contributed by atoms with van der Waals surface area (Å²) < 4.78 is 0. The van der Waals surface area contributed by atoms with Crippen LogP contribution in [0.2, 0.25) is 0 Å². The van der Waals surface area contributed by atoms with Crippen LogP contribution in [-0.2, 0) is 5.33 Å². The van der Waals surface area contributed by atoms with Crippen molar-refractivity contribution in [3.63, 3.8) is 0 Å². The van der Waals surface area contributed by atoms with Gasteiger partial charge in [-0.2, -0.15) is 0 Å². The fraction of sp³-hybridized carbons (Fsp3) is 0.0667. The molecule has 1 aliphatic carbocycles. The molecule has 0 amide bonds. The van der Waals surface area contributed by atoms with E-state index in [0.29, 0.717) is 10.9 Å². The fourth-order valence-electron chi connectivity index (χ4n) is 2.46. The largest absolute Gasteiger partial charge is 0.507 e. The molecule has 2 aromatic rings. The minimum absolute atomic E-state index is 0.0408. The molecule has 2 aromatic carbocycles. The van der Waals surface area contributed by atoms with Crippen LogP contribution in [0.25, 0.3) is 0 Å². The minimum atomic E-state index is -0.534. The number of hydrogen-bond donors (Lipinski definition) is 2. The number of fused-ring (bicyclic) bond motifs is 2. The molecular weight excluding hydrogens is 324 g/mol. The number of rotatable bonds is 1. The smallest absolute Gasteiger partial charge is 0.201 e. The lowest BCUT2D eigenvalue weighted by Gasteiger charge is -2.21. The average molecular weight is 333 g/mol. The zero-order chi connectivity index (χ0) is 14.4. The van der Waals surface area contributed by atoms with E-state index in [9.17, 15) is 19.8 Å². The lowest BCUT2D eigenvalue weighted by Crippen LogP contribution is -2.22. The molecule has 100 valence electrons. The maximum Gasteiger partial charge on any atom is 0.201 e. The van der Waals surface area contributed by atoms with Gasteiger partial charge in [0.05, 0.1) is 11.1 Å². The molecule has 0 unspecified atom stereocenters. The van der Waals surface area contributed by atoms with Crippen LogP contribution in [0.15, 0.2) is 30.3 Å². The van der Waals surface area contributed by atoms with E-state index in [1.54, 1.807) is 6.07 Å². The van der Waals surface area contributed by atoms with Crippen LogP contribution in [0.4, 0.5) is 0 Å². The summed E-state index contributed by atoms with van der Waals surface area (Å²) in [5.74, 6) is -1.41. The second kappa shape index (κ2) is 4.45. The molecule has 0 saturated carbocycles. The number of aromatic hydroxyl groups is 2. The van der Waals surface area contributed by atoms with Crippen LogP contribution in [0.3, 0.4) is 0 Å². The fourth-order valence-corrected chi connectivity index (χ4v) is 2.93. The van der Waals surface area contributed by atoms with Crippen molar-refractivity contribution in [2.45, 2.75) is 5.33 Å². The molecule has 0 saturated heterocycles. The van der Waals surface area contributed by atoms with Crippen molar-refractivity contribution >= 4 is 27.5 Å². The molecule has 1 aliphatic rings. The molecule has 2 N–H and O–H groups in total. The van der Waals surface area contributed by atoms with Gasteiger partial charge in [-0.3, -0.25) is 9.59 Å². The highest BCUT2D eigenvalue weighted by Gasteiger charge is 2.35. The Bertz CT molecular complexity index is 765. The average Bonchev–Trinajstić information content (AvgIpc) is 2.44. The van der Waals surface area contributed by atoms with Gasteiger partial charge >= 0.3 is 0 Å². The second-order valence-electron chi connectivity index (χ2n) is 4.49. The van der Waals surface area contributed by atoms with E-state index in [2.05, 4.69) is 15.9 Å². The first kappa shape index (κ1) is 12.9. The van der Waals surface area contributed by atoms with E-state index >= 15 is 0 Å². The molecule has 0 aromatic heterocycles. The van der Waals surface area contributed by atoms with Crippen molar-refractivity contribution in [3.8, 4) is 11.5 Å². The van der Waals surface area contributed by atoms with Gasteiger partial charge in [0.2, 0.25) is 5.78 Å². The Morgan fingerprint density at radius 2 is 1.55 bits per heavy atom. The van der Waals surface area contributed by atoms with E-state index in [4.69, 9.17) is 0 Å². The van der Waals surface area contributed by atoms with Crippen molar-refractivity contribution in [1.82, 2.24) is 0 Å². The Balaban J connectivity index is 2.41. The normalized spacial score (nSPS) is 13.1. The summed E-state index contributed by atoms with van der Waals surface area (Å²) in [6, 6.07) is 7.34. The minimum Gasteiger partial charge on any atom is -0.507 e. The Morgan fingerprint density at radius 3 is 2.25 bits per heavy atom. The molecule has 0 bridgehead atoms. The monoisotopic (exact) mass is 332 g/mol. The lowest BCUT2D eigenvalue weighted by molar-refractivity contribution is 0.0973. The highest BCUT2D eigenvalue weighted by Crippen LogP contribution is 2.38. The third-order valence-electron chi connectivity index (χ3n) is 3.38. The topological polar surface area (TPSA) is 74.6 Å². The van der Waals surface area contributed by atoms with Crippen LogP contribution in [0, 0.1) is 0 Å². The number of carbonyl (C=O) groups is 2. The van der Waals surface area contributed by atoms with E-state index < -0.39 is 5.78 Å². The molecule has 0 radical (unpaired) electrons. The zero-order valence-corrected chi connectivity index (χ0v) is 11.8. The lowest BCUT2D eigenvalue weighted by atomic mass is 9.81. The third-order valence-corrected chi connectivity index (χ3v) is 3.99. The summed E-state index contributed by atoms with van der Waals surface area (Å²) in [7, 11) is 0. The summed E-state index contributed by atoms with van der Waals surface area (Å²) in [5.41, 5.74) is 0.901. The van der Waals surface area contributed by atoms with Crippen LogP contribution < -0.4 is 0 Å². The van der Waals surface area contributed by atoms with Gasteiger partial charge < -0.3 is 10.2 Å². The number of ketones is 2. The van der Waals surface area contributed by atoms with Crippen LogP contribution in [0.1, 0.15) is 37.4 Å². The Kier molecular flexibility index (Phi) is 2.87. The maximum absolute atomic E-state index is 12.5. The molecule has 5 heteroatoms.